The van der Waals surface area contributed by atoms with Gasteiger partial charge in [0, 0.05) is 13.1 Å². The number of rotatable bonds is 8. The lowest BCUT2D eigenvalue weighted by Gasteiger charge is -2.14. The van der Waals surface area contributed by atoms with Crippen LogP contribution in [0.15, 0.2) is 18.2 Å². The zero-order valence-corrected chi connectivity index (χ0v) is 14.3. The average molecular weight is 338 g/mol. The summed E-state index contributed by atoms with van der Waals surface area (Å²) in [6, 6.07) is 5.04. The van der Waals surface area contributed by atoms with Crippen LogP contribution < -0.4 is 4.72 Å². The Kier molecular flexibility index (Phi) is 5.54. The van der Waals surface area contributed by atoms with E-state index in [2.05, 4.69) is 4.72 Å². The van der Waals surface area contributed by atoms with Crippen LogP contribution in [0.4, 0.5) is 0 Å². The molecule has 0 aromatic heterocycles. The monoisotopic (exact) mass is 338 g/mol. The number of aryl methyl sites for hydroxylation is 1. The maximum absolute atomic E-state index is 12.3. The Hall–Kier alpha value is -1.73. The van der Waals surface area contributed by atoms with Gasteiger partial charge in [-0.3, -0.25) is 14.5 Å². The number of imide groups is 1. The number of nitrogens with zero attached hydrogens (tertiary/aromatic N) is 1. The molecule has 0 fully saturated rings. The van der Waals surface area contributed by atoms with Crippen molar-refractivity contribution in [2.24, 2.45) is 0 Å². The van der Waals surface area contributed by atoms with Crippen LogP contribution in [0.25, 0.3) is 0 Å². The molecule has 0 radical (unpaired) electrons. The Morgan fingerprint density at radius 2 is 1.78 bits per heavy atom. The molecule has 0 bridgehead atoms. The third kappa shape index (κ3) is 4.17. The predicted octanol–water partition coefficient (Wildman–Crippen LogP) is 1.70. The van der Waals surface area contributed by atoms with Crippen LogP contribution >= 0.6 is 0 Å². The summed E-state index contributed by atoms with van der Waals surface area (Å²) in [5, 5.41) is 0. The van der Waals surface area contributed by atoms with Gasteiger partial charge in [0.1, 0.15) is 0 Å². The molecule has 2 amide bonds. The molecule has 126 valence electrons. The van der Waals surface area contributed by atoms with Gasteiger partial charge in [-0.25, -0.2) is 13.1 Å². The van der Waals surface area contributed by atoms with Crippen molar-refractivity contribution in [2.45, 2.75) is 33.1 Å². The van der Waals surface area contributed by atoms with E-state index in [1.54, 1.807) is 18.2 Å². The van der Waals surface area contributed by atoms with Gasteiger partial charge in [0.05, 0.1) is 16.9 Å². The maximum Gasteiger partial charge on any atom is 0.261 e. The summed E-state index contributed by atoms with van der Waals surface area (Å²) in [6.07, 6.45) is 2.75. The van der Waals surface area contributed by atoms with Gasteiger partial charge >= 0.3 is 0 Å². The molecule has 1 heterocycles. The largest absolute Gasteiger partial charge is 0.273 e. The highest BCUT2D eigenvalue weighted by Crippen LogP contribution is 2.23. The molecule has 1 aromatic carbocycles. The molecule has 0 aliphatic carbocycles. The van der Waals surface area contributed by atoms with E-state index in [-0.39, 0.29) is 12.3 Å². The van der Waals surface area contributed by atoms with Crippen molar-refractivity contribution >= 4 is 21.8 Å². The van der Waals surface area contributed by atoms with Crippen LogP contribution in [0.5, 0.6) is 0 Å². The number of carbonyl (C=O) groups is 2. The Bertz CT molecular complexity index is 713. The highest BCUT2D eigenvalue weighted by Gasteiger charge is 2.35. The van der Waals surface area contributed by atoms with E-state index < -0.39 is 21.8 Å². The minimum absolute atomic E-state index is 0.130. The van der Waals surface area contributed by atoms with E-state index in [9.17, 15) is 18.0 Å². The average Bonchev–Trinajstić information content (AvgIpc) is 2.73. The van der Waals surface area contributed by atoms with Gasteiger partial charge in [-0.15, -0.1) is 0 Å². The molecular weight excluding hydrogens is 316 g/mol. The number of fused-ring (bicyclic) bond motifs is 1. The van der Waals surface area contributed by atoms with Crippen LogP contribution in [-0.4, -0.2) is 44.0 Å². The number of unbranched alkanes of at least 4 members (excludes halogenated alkanes) is 2. The number of hydrogen-bond acceptors (Lipinski definition) is 4. The van der Waals surface area contributed by atoms with Crippen molar-refractivity contribution in [3.63, 3.8) is 0 Å². The van der Waals surface area contributed by atoms with E-state index in [1.165, 1.54) is 0 Å². The lowest BCUT2D eigenvalue weighted by molar-refractivity contribution is 0.0664. The van der Waals surface area contributed by atoms with Gasteiger partial charge in [-0.05, 0) is 25.5 Å². The lowest BCUT2D eigenvalue weighted by atomic mass is 10.1. The predicted molar refractivity (Wildman–Crippen MR) is 87.9 cm³/mol. The molecule has 1 aliphatic rings. The second kappa shape index (κ2) is 7.23. The molecule has 0 spiro atoms. The number of amides is 2. The van der Waals surface area contributed by atoms with Gasteiger partial charge in [0.2, 0.25) is 10.0 Å². The third-order valence-electron chi connectivity index (χ3n) is 3.81. The second-order valence-corrected chi connectivity index (χ2v) is 7.66. The van der Waals surface area contributed by atoms with Crippen molar-refractivity contribution in [1.29, 1.82) is 0 Å². The molecule has 0 saturated carbocycles. The highest BCUT2D eigenvalue weighted by molar-refractivity contribution is 7.89. The van der Waals surface area contributed by atoms with Gasteiger partial charge in [0.25, 0.3) is 11.8 Å². The number of benzene rings is 1. The van der Waals surface area contributed by atoms with E-state index in [4.69, 9.17) is 0 Å². The topological polar surface area (TPSA) is 83.6 Å². The van der Waals surface area contributed by atoms with E-state index in [0.29, 0.717) is 17.7 Å². The van der Waals surface area contributed by atoms with Crippen LogP contribution in [0, 0.1) is 6.92 Å². The van der Waals surface area contributed by atoms with Crippen molar-refractivity contribution < 1.29 is 18.0 Å². The molecule has 6 nitrogen and oxygen atoms in total. The zero-order chi connectivity index (χ0) is 17.0. The summed E-state index contributed by atoms with van der Waals surface area (Å²) < 4.78 is 26.4. The maximum atomic E-state index is 12.3. The Morgan fingerprint density at radius 3 is 2.48 bits per heavy atom. The highest BCUT2D eigenvalue weighted by atomic mass is 32.2. The summed E-state index contributed by atoms with van der Waals surface area (Å²) in [7, 11) is -3.49. The van der Waals surface area contributed by atoms with Crippen LogP contribution in [0.3, 0.4) is 0 Å². The number of sulfonamides is 1. The van der Waals surface area contributed by atoms with E-state index in [1.807, 2.05) is 13.8 Å². The molecule has 23 heavy (non-hydrogen) atoms. The van der Waals surface area contributed by atoms with Crippen LogP contribution in [-0.2, 0) is 10.0 Å². The minimum atomic E-state index is -3.49. The zero-order valence-electron chi connectivity index (χ0n) is 13.5. The number of nitrogens with one attached hydrogen (secondary N) is 1. The molecule has 0 atom stereocenters. The summed E-state index contributed by atoms with van der Waals surface area (Å²) in [5.74, 6) is -1.12. The van der Waals surface area contributed by atoms with Crippen molar-refractivity contribution in [3.8, 4) is 0 Å². The van der Waals surface area contributed by atoms with Gasteiger partial charge < -0.3 is 0 Å². The number of hydrogen-bond donors (Lipinski definition) is 1. The van der Waals surface area contributed by atoms with Gasteiger partial charge in [-0.1, -0.05) is 31.4 Å². The first-order valence-corrected chi connectivity index (χ1v) is 9.45. The van der Waals surface area contributed by atoms with E-state index >= 15 is 0 Å². The summed E-state index contributed by atoms with van der Waals surface area (Å²) in [5.41, 5.74) is 1.58. The van der Waals surface area contributed by atoms with Crippen molar-refractivity contribution in [2.75, 3.05) is 18.8 Å². The fourth-order valence-corrected chi connectivity index (χ4v) is 3.52. The first-order chi connectivity index (χ1) is 10.9. The SMILES string of the molecule is CCCCCNS(=O)(=O)CCN1C(=O)c2ccc(C)cc2C1=O. The lowest BCUT2D eigenvalue weighted by Crippen LogP contribution is -2.37. The van der Waals surface area contributed by atoms with Crippen LogP contribution in [0.2, 0.25) is 0 Å². The Labute approximate surface area is 136 Å². The van der Waals surface area contributed by atoms with Crippen LogP contribution in [0.1, 0.15) is 52.5 Å². The summed E-state index contributed by atoms with van der Waals surface area (Å²) >= 11 is 0. The normalized spacial score (nSPS) is 14.4. The quantitative estimate of drug-likeness (QED) is 0.578. The molecule has 2 rings (SSSR count). The smallest absolute Gasteiger partial charge is 0.261 e. The molecule has 0 unspecified atom stereocenters. The Balaban J connectivity index is 1.97. The Morgan fingerprint density at radius 1 is 1.09 bits per heavy atom. The molecule has 1 aromatic rings. The molecule has 7 heteroatoms. The minimum Gasteiger partial charge on any atom is -0.273 e. The summed E-state index contributed by atoms with van der Waals surface area (Å²) in [4.78, 5) is 25.5. The first-order valence-electron chi connectivity index (χ1n) is 7.80. The summed E-state index contributed by atoms with van der Waals surface area (Å²) in [6.45, 7) is 4.13. The fraction of sp³-hybridized carbons (Fsp3) is 0.500. The molecule has 1 N–H and O–H groups in total. The standard InChI is InChI=1S/C16H22N2O4S/c1-3-4-5-8-17-23(21,22)10-9-18-15(19)13-7-6-12(2)11-14(13)16(18)20/h6-7,11,17H,3-5,8-10H2,1-2H3. The van der Waals surface area contributed by atoms with Gasteiger partial charge in [0.15, 0.2) is 0 Å². The molecule has 0 saturated heterocycles. The molecule has 1 aliphatic heterocycles. The third-order valence-corrected chi connectivity index (χ3v) is 5.18. The van der Waals surface area contributed by atoms with Crippen molar-refractivity contribution in [1.82, 2.24) is 9.62 Å². The fourth-order valence-electron chi connectivity index (χ4n) is 2.49. The molecular formula is C16H22N2O4S. The first kappa shape index (κ1) is 17.6. The van der Waals surface area contributed by atoms with Gasteiger partial charge in [-0.2, -0.15) is 0 Å². The second-order valence-electron chi connectivity index (χ2n) is 5.73. The number of carbonyl (C=O) groups excluding carboxylic acids is 2. The van der Waals surface area contributed by atoms with E-state index in [0.717, 1.165) is 29.7 Å². The van der Waals surface area contributed by atoms with Crippen molar-refractivity contribution in [3.05, 3.63) is 34.9 Å².